The number of hydrogen-bond donors (Lipinski definition) is 0. The van der Waals surface area contributed by atoms with Crippen molar-refractivity contribution in [1.29, 1.82) is 0 Å². The lowest BCUT2D eigenvalue weighted by Crippen LogP contribution is -2.21. The zero-order chi connectivity index (χ0) is 17.1. The summed E-state index contributed by atoms with van der Waals surface area (Å²) in [6.07, 6.45) is 0. The van der Waals surface area contributed by atoms with E-state index in [9.17, 15) is 14.0 Å². The minimum atomic E-state index is -0.398. The Labute approximate surface area is 142 Å². The van der Waals surface area contributed by atoms with E-state index in [4.69, 9.17) is 0 Å². The Hall–Kier alpha value is -3.33. The molecule has 0 atom stereocenters. The third-order valence-corrected chi connectivity index (χ3v) is 4.83. The summed E-state index contributed by atoms with van der Waals surface area (Å²) in [6.45, 7) is 0. The fourth-order valence-corrected chi connectivity index (χ4v) is 3.57. The second-order valence-corrected chi connectivity index (χ2v) is 6.26. The largest absolute Gasteiger partial charge is 0.289 e. The molecule has 25 heavy (non-hydrogen) atoms. The van der Waals surface area contributed by atoms with Gasteiger partial charge in [-0.15, -0.1) is 0 Å². The van der Waals surface area contributed by atoms with Gasteiger partial charge in [0, 0.05) is 27.6 Å². The molecule has 0 saturated carbocycles. The van der Waals surface area contributed by atoms with Gasteiger partial charge < -0.3 is 0 Å². The van der Waals surface area contributed by atoms with Gasteiger partial charge in [-0.2, -0.15) is 0 Å². The molecule has 0 amide bonds. The van der Waals surface area contributed by atoms with Gasteiger partial charge in [0.2, 0.25) is 0 Å². The van der Waals surface area contributed by atoms with Crippen molar-refractivity contribution < 1.29 is 14.0 Å². The Kier molecular flexibility index (Phi) is 2.72. The molecule has 5 rings (SSSR count). The highest BCUT2D eigenvalue weighted by Crippen LogP contribution is 2.33. The highest BCUT2D eigenvalue weighted by Gasteiger charge is 2.30. The lowest BCUT2D eigenvalue weighted by molar-refractivity contribution is 0.0979. The van der Waals surface area contributed by atoms with Gasteiger partial charge in [-0.05, 0) is 46.5 Å². The summed E-state index contributed by atoms with van der Waals surface area (Å²) in [7, 11) is 0. The molecule has 0 aliphatic heterocycles. The van der Waals surface area contributed by atoms with E-state index in [1.807, 2.05) is 24.3 Å². The Morgan fingerprint density at radius 3 is 1.64 bits per heavy atom. The van der Waals surface area contributed by atoms with E-state index in [2.05, 4.69) is 0 Å². The van der Waals surface area contributed by atoms with E-state index >= 15 is 0 Å². The van der Waals surface area contributed by atoms with Crippen LogP contribution >= 0.6 is 0 Å². The predicted octanol–water partition coefficient (Wildman–Crippen LogP) is 4.91. The van der Waals surface area contributed by atoms with Gasteiger partial charge >= 0.3 is 0 Å². The molecule has 1 aliphatic rings. The average molecular weight is 326 g/mol. The summed E-state index contributed by atoms with van der Waals surface area (Å²) in [5.41, 5.74) is 1.40. The average Bonchev–Trinajstić information content (AvgIpc) is 2.64. The van der Waals surface area contributed by atoms with Crippen molar-refractivity contribution in [3.05, 3.63) is 94.8 Å². The second-order valence-electron chi connectivity index (χ2n) is 6.26. The minimum Gasteiger partial charge on any atom is -0.289 e. The Morgan fingerprint density at radius 1 is 0.560 bits per heavy atom. The molecule has 4 aromatic carbocycles. The first-order valence-corrected chi connectivity index (χ1v) is 7.98. The molecule has 0 unspecified atom stereocenters. The maximum Gasteiger partial charge on any atom is 0.194 e. The fraction of sp³-hybridized carbons (Fsp3) is 0. The highest BCUT2D eigenvalue weighted by molar-refractivity contribution is 6.30. The van der Waals surface area contributed by atoms with Crippen LogP contribution in [0.4, 0.5) is 4.39 Å². The molecule has 1 aliphatic carbocycles. The topological polar surface area (TPSA) is 34.1 Å². The van der Waals surface area contributed by atoms with Crippen LogP contribution in [0.1, 0.15) is 31.8 Å². The standard InChI is InChI=1S/C22H11FO2/c23-20-7-3-6-14-10-18-19(11-15(14)20)22(25)17-9-13-5-2-1-4-12(13)8-16(17)21(18)24/h1-11H. The van der Waals surface area contributed by atoms with Crippen molar-refractivity contribution in [3.8, 4) is 0 Å². The predicted molar refractivity (Wildman–Crippen MR) is 94.7 cm³/mol. The van der Waals surface area contributed by atoms with E-state index in [1.165, 1.54) is 12.1 Å². The third-order valence-electron chi connectivity index (χ3n) is 4.83. The van der Waals surface area contributed by atoms with E-state index < -0.39 is 5.82 Å². The van der Waals surface area contributed by atoms with Crippen LogP contribution in [-0.4, -0.2) is 11.6 Å². The molecular weight excluding hydrogens is 315 g/mol. The zero-order valence-electron chi connectivity index (χ0n) is 13.0. The lowest BCUT2D eigenvalue weighted by Gasteiger charge is -2.19. The molecule has 0 N–H and O–H groups in total. The molecule has 0 spiro atoms. The van der Waals surface area contributed by atoms with Crippen molar-refractivity contribution in [2.45, 2.75) is 0 Å². The zero-order valence-corrected chi connectivity index (χ0v) is 13.0. The number of carbonyl (C=O) groups is 2. The maximum absolute atomic E-state index is 14.1. The van der Waals surface area contributed by atoms with Crippen molar-refractivity contribution in [3.63, 3.8) is 0 Å². The van der Waals surface area contributed by atoms with Crippen LogP contribution in [0.25, 0.3) is 21.5 Å². The van der Waals surface area contributed by atoms with Crippen LogP contribution in [0.15, 0.2) is 66.7 Å². The molecule has 4 aromatic rings. The molecule has 0 heterocycles. The van der Waals surface area contributed by atoms with Gasteiger partial charge in [0.1, 0.15) is 5.82 Å². The molecule has 3 heteroatoms. The summed E-state index contributed by atoms with van der Waals surface area (Å²) in [5, 5.41) is 2.78. The quantitative estimate of drug-likeness (QED) is 0.405. The van der Waals surface area contributed by atoms with Crippen LogP contribution in [-0.2, 0) is 0 Å². The number of hydrogen-bond acceptors (Lipinski definition) is 2. The number of ketones is 2. The first kappa shape index (κ1) is 14.1. The minimum absolute atomic E-state index is 0.193. The third kappa shape index (κ3) is 1.89. The Balaban J connectivity index is 1.85. The molecule has 0 fully saturated rings. The highest BCUT2D eigenvalue weighted by atomic mass is 19.1. The van der Waals surface area contributed by atoms with Gasteiger partial charge in [-0.3, -0.25) is 9.59 Å². The summed E-state index contributed by atoms with van der Waals surface area (Å²) < 4.78 is 14.1. The number of rotatable bonds is 0. The summed E-state index contributed by atoms with van der Waals surface area (Å²) in [5.74, 6) is -0.827. The molecular formula is C22H11FO2. The maximum atomic E-state index is 14.1. The van der Waals surface area contributed by atoms with E-state index in [0.29, 0.717) is 27.5 Å². The van der Waals surface area contributed by atoms with Crippen LogP contribution in [0.2, 0.25) is 0 Å². The Morgan fingerprint density at radius 2 is 1.04 bits per heavy atom. The van der Waals surface area contributed by atoms with Gasteiger partial charge in [-0.25, -0.2) is 4.39 Å². The summed E-state index contributed by atoms with van der Waals surface area (Å²) in [6, 6.07) is 18.9. The molecule has 0 saturated heterocycles. The van der Waals surface area contributed by atoms with Crippen LogP contribution in [0.3, 0.4) is 0 Å². The SMILES string of the molecule is O=C1c2cc3ccccc3cc2C(=O)c2cc3c(F)cccc3cc21. The van der Waals surface area contributed by atoms with E-state index in [1.54, 1.807) is 30.3 Å². The van der Waals surface area contributed by atoms with Crippen LogP contribution < -0.4 is 0 Å². The van der Waals surface area contributed by atoms with Crippen molar-refractivity contribution in [2.75, 3.05) is 0 Å². The van der Waals surface area contributed by atoms with Gasteiger partial charge in [0.15, 0.2) is 11.6 Å². The molecule has 0 bridgehead atoms. The summed E-state index contributed by atoms with van der Waals surface area (Å²) in [4.78, 5) is 26.0. The Bertz CT molecular complexity index is 1240. The van der Waals surface area contributed by atoms with Crippen molar-refractivity contribution in [1.82, 2.24) is 0 Å². The monoisotopic (exact) mass is 326 g/mol. The lowest BCUT2D eigenvalue weighted by atomic mass is 9.81. The number of carbonyl (C=O) groups excluding carboxylic acids is 2. The van der Waals surface area contributed by atoms with Gasteiger partial charge in [0.05, 0.1) is 0 Å². The summed E-state index contributed by atoms with van der Waals surface area (Å²) >= 11 is 0. The fourth-order valence-electron chi connectivity index (χ4n) is 3.57. The number of fused-ring (bicyclic) bond motifs is 4. The van der Waals surface area contributed by atoms with Gasteiger partial charge in [-0.1, -0.05) is 36.4 Å². The number of benzene rings is 4. The van der Waals surface area contributed by atoms with E-state index in [-0.39, 0.29) is 17.1 Å². The molecule has 118 valence electrons. The van der Waals surface area contributed by atoms with Gasteiger partial charge in [0.25, 0.3) is 0 Å². The van der Waals surface area contributed by atoms with E-state index in [0.717, 1.165) is 10.8 Å². The van der Waals surface area contributed by atoms with Crippen molar-refractivity contribution >= 4 is 33.1 Å². The van der Waals surface area contributed by atoms with Crippen molar-refractivity contribution in [2.24, 2.45) is 0 Å². The molecule has 0 radical (unpaired) electrons. The van der Waals surface area contributed by atoms with Crippen LogP contribution in [0.5, 0.6) is 0 Å². The first-order valence-electron chi connectivity index (χ1n) is 7.98. The molecule has 2 nitrogen and oxygen atoms in total. The normalized spacial score (nSPS) is 13.2. The number of halogens is 1. The van der Waals surface area contributed by atoms with Crippen LogP contribution in [0, 0.1) is 5.82 Å². The first-order chi connectivity index (χ1) is 12.1. The second kappa shape index (κ2) is 4.84. The smallest absolute Gasteiger partial charge is 0.194 e. The molecule has 0 aromatic heterocycles.